The van der Waals surface area contributed by atoms with E-state index >= 15 is 0 Å². The largest absolute Gasteiger partial charge is 0.489 e. The number of fused-ring (bicyclic) bond motifs is 1. The summed E-state index contributed by atoms with van der Waals surface area (Å²) in [5, 5.41) is 6.45. The van der Waals surface area contributed by atoms with Crippen molar-refractivity contribution < 1.29 is 9.53 Å². The van der Waals surface area contributed by atoms with Gasteiger partial charge in [0.05, 0.1) is 10.6 Å². The number of ether oxygens (including phenoxy) is 1. The molecule has 0 bridgehead atoms. The first kappa shape index (κ1) is 17.5. The second-order valence-electron chi connectivity index (χ2n) is 5.88. The van der Waals surface area contributed by atoms with E-state index in [1.807, 2.05) is 30.5 Å². The maximum Gasteiger partial charge on any atom is 0.257 e. The molecule has 27 heavy (non-hydrogen) atoms. The van der Waals surface area contributed by atoms with Crippen LogP contribution in [-0.4, -0.2) is 10.9 Å². The Hall–Kier alpha value is -2.89. The highest BCUT2D eigenvalue weighted by Crippen LogP contribution is 2.27. The lowest BCUT2D eigenvalue weighted by atomic mass is 10.2. The minimum absolute atomic E-state index is 0.257. The van der Waals surface area contributed by atoms with Crippen LogP contribution in [0.25, 0.3) is 10.1 Å². The molecule has 0 unspecified atom stereocenters. The van der Waals surface area contributed by atoms with Gasteiger partial charge in [0.2, 0.25) is 0 Å². The summed E-state index contributed by atoms with van der Waals surface area (Å²) >= 11 is 7.75. The van der Waals surface area contributed by atoms with Gasteiger partial charge in [0.1, 0.15) is 12.4 Å². The highest BCUT2D eigenvalue weighted by molar-refractivity contribution is 7.17. The van der Waals surface area contributed by atoms with Gasteiger partial charge in [0.15, 0.2) is 0 Å². The minimum atomic E-state index is -0.257. The van der Waals surface area contributed by atoms with Crippen LogP contribution in [0.4, 0.5) is 5.69 Å². The molecule has 0 aliphatic heterocycles. The van der Waals surface area contributed by atoms with Crippen molar-refractivity contribution in [1.82, 2.24) is 4.98 Å². The molecule has 4 nitrogen and oxygen atoms in total. The van der Waals surface area contributed by atoms with Crippen molar-refractivity contribution in [2.24, 2.45) is 0 Å². The quantitative estimate of drug-likeness (QED) is 0.466. The molecule has 0 radical (unpaired) electrons. The van der Waals surface area contributed by atoms with Crippen LogP contribution in [0.2, 0.25) is 5.02 Å². The third kappa shape index (κ3) is 3.94. The number of anilines is 1. The number of carbonyl (C=O) groups excluding carboxylic acids is 1. The van der Waals surface area contributed by atoms with Crippen LogP contribution < -0.4 is 10.1 Å². The highest BCUT2D eigenvalue weighted by Gasteiger charge is 2.10. The van der Waals surface area contributed by atoms with E-state index in [9.17, 15) is 4.79 Å². The Labute approximate surface area is 165 Å². The van der Waals surface area contributed by atoms with E-state index in [0.717, 1.165) is 10.9 Å². The first-order chi connectivity index (χ1) is 13.2. The third-order valence-electron chi connectivity index (χ3n) is 4.06. The van der Waals surface area contributed by atoms with E-state index in [-0.39, 0.29) is 5.91 Å². The number of amides is 1. The van der Waals surface area contributed by atoms with Crippen LogP contribution >= 0.6 is 22.9 Å². The van der Waals surface area contributed by atoms with Gasteiger partial charge in [0.25, 0.3) is 5.91 Å². The normalized spacial score (nSPS) is 10.7. The number of thiophene rings is 1. The van der Waals surface area contributed by atoms with Gasteiger partial charge >= 0.3 is 0 Å². The molecule has 4 rings (SSSR count). The van der Waals surface area contributed by atoms with E-state index in [4.69, 9.17) is 16.3 Å². The second kappa shape index (κ2) is 7.78. The topological polar surface area (TPSA) is 51.2 Å². The number of hydrogen-bond acceptors (Lipinski definition) is 4. The molecule has 0 aliphatic carbocycles. The molecule has 0 saturated carbocycles. The van der Waals surface area contributed by atoms with Crippen LogP contribution in [0.3, 0.4) is 0 Å². The lowest BCUT2D eigenvalue weighted by Crippen LogP contribution is -2.12. The number of aromatic nitrogens is 1. The van der Waals surface area contributed by atoms with Crippen molar-refractivity contribution in [2.45, 2.75) is 6.61 Å². The van der Waals surface area contributed by atoms with Crippen molar-refractivity contribution in [3.8, 4) is 5.75 Å². The number of halogens is 1. The van der Waals surface area contributed by atoms with Gasteiger partial charge in [0, 0.05) is 39.8 Å². The maximum atomic E-state index is 12.4. The molecule has 0 spiro atoms. The van der Waals surface area contributed by atoms with Gasteiger partial charge in [-0.1, -0.05) is 29.8 Å². The van der Waals surface area contributed by atoms with Crippen molar-refractivity contribution in [1.29, 1.82) is 0 Å². The molecule has 0 aliphatic rings. The molecule has 0 atom stereocenters. The van der Waals surface area contributed by atoms with Crippen LogP contribution in [0, 0.1) is 0 Å². The average molecular weight is 395 g/mol. The maximum absolute atomic E-state index is 12.4. The van der Waals surface area contributed by atoms with E-state index in [1.54, 1.807) is 47.9 Å². The average Bonchev–Trinajstić information content (AvgIpc) is 3.10. The molecule has 1 N–H and O–H groups in total. The van der Waals surface area contributed by atoms with Crippen LogP contribution in [0.1, 0.15) is 15.9 Å². The SMILES string of the molecule is O=C(Nc1cccc(OCc2csc3ccncc23)c1)c1ccccc1Cl. The smallest absolute Gasteiger partial charge is 0.257 e. The number of nitrogens with zero attached hydrogens (tertiary/aromatic N) is 1. The standard InChI is InChI=1S/C21H15ClN2O2S/c22-19-7-2-1-6-17(19)21(25)24-15-4-3-5-16(10-15)26-12-14-13-27-20-8-9-23-11-18(14)20/h1-11,13H,12H2,(H,24,25). The summed E-state index contributed by atoms with van der Waals surface area (Å²) in [5.41, 5.74) is 2.17. The molecule has 2 heterocycles. The summed E-state index contributed by atoms with van der Waals surface area (Å²) < 4.78 is 7.10. The fourth-order valence-electron chi connectivity index (χ4n) is 2.70. The summed E-state index contributed by atoms with van der Waals surface area (Å²) in [6.45, 7) is 0.438. The van der Waals surface area contributed by atoms with Crippen LogP contribution in [-0.2, 0) is 6.61 Å². The van der Waals surface area contributed by atoms with Gasteiger partial charge in [-0.3, -0.25) is 9.78 Å². The Balaban J connectivity index is 1.46. The number of hydrogen-bond donors (Lipinski definition) is 1. The molecule has 0 fully saturated rings. The van der Waals surface area contributed by atoms with Crippen LogP contribution in [0.5, 0.6) is 5.75 Å². The molecular formula is C21H15ClN2O2S. The fraction of sp³-hybridized carbons (Fsp3) is 0.0476. The summed E-state index contributed by atoms with van der Waals surface area (Å²) in [5.74, 6) is 0.419. The number of carbonyl (C=O) groups is 1. The van der Waals surface area contributed by atoms with E-state index in [2.05, 4.69) is 15.7 Å². The molecule has 4 aromatic rings. The summed E-state index contributed by atoms with van der Waals surface area (Å²) in [6, 6.07) is 16.2. The lowest BCUT2D eigenvalue weighted by molar-refractivity contribution is 0.102. The predicted octanol–water partition coefficient (Wildman–Crippen LogP) is 5.78. The number of rotatable bonds is 5. The zero-order valence-electron chi connectivity index (χ0n) is 14.2. The van der Waals surface area contributed by atoms with Crippen molar-refractivity contribution in [3.63, 3.8) is 0 Å². The van der Waals surface area contributed by atoms with Gasteiger partial charge in [-0.2, -0.15) is 0 Å². The second-order valence-corrected chi connectivity index (χ2v) is 7.20. The molecule has 134 valence electrons. The third-order valence-corrected chi connectivity index (χ3v) is 5.40. The Morgan fingerprint density at radius 2 is 2.04 bits per heavy atom. The number of pyridine rings is 1. The summed E-state index contributed by atoms with van der Waals surface area (Å²) in [7, 11) is 0. The first-order valence-corrected chi connectivity index (χ1v) is 9.55. The predicted molar refractivity (Wildman–Crippen MR) is 110 cm³/mol. The zero-order chi connectivity index (χ0) is 18.6. The highest BCUT2D eigenvalue weighted by atomic mass is 35.5. The van der Waals surface area contributed by atoms with E-state index in [0.29, 0.717) is 28.6 Å². The Bertz CT molecular complexity index is 1110. The molecule has 2 aromatic heterocycles. The summed E-state index contributed by atoms with van der Waals surface area (Å²) in [4.78, 5) is 16.6. The van der Waals surface area contributed by atoms with Crippen molar-refractivity contribution in [2.75, 3.05) is 5.32 Å². The van der Waals surface area contributed by atoms with Crippen LogP contribution in [0.15, 0.2) is 72.4 Å². The molecule has 0 saturated heterocycles. The molecule has 6 heteroatoms. The van der Waals surface area contributed by atoms with E-state index in [1.165, 1.54) is 4.70 Å². The molecule has 1 amide bonds. The van der Waals surface area contributed by atoms with Gasteiger partial charge in [-0.15, -0.1) is 11.3 Å². The zero-order valence-corrected chi connectivity index (χ0v) is 15.8. The van der Waals surface area contributed by atoms with Gasteiger partial charge in [-0.05, 0) is 35.7 Å². The van der Waals surface area contributed by atoms with Gasteiger partial charge < -0.3 is 10.1 Å². The van der Waals surface area contributed by atoms with E-state index < -0.39 is 0 Å². The first-order valence-electron chi connectivity index (χ1n) is 8.29. The Morgan fingerprint density at radius 3 is 2.93 bits per heavy atom. The minimum Gasteiger partial charge on any atom is -0.489 e. The van der Waals surface area contributed by atoms with Crippen molar-refractivity contribution >= 4 is 44.6 Å². The summed E-state index contributed by atoms with van der Waals surface area (Å²) in [6.07, 6.45) is 3.64. The lowest BCUT2D eigenvalue weighted by Gasteiger charge is -2.10. The number of benzene rings is 2. The Morgan fingerprint density at radius 1 is 1.15 bits per heavy atom. The monoisotopic (exact) mass is 394 g/mol. The van der Waals surface area contributed by atoms with Gasteiger partial charge in [-0.25, -0.2) is 0 Å². The molecular weight excluding hydrogens is 380 g/mol. The number of nitrogens with one attached hydrogen (secondary N) is 1. The Kier molecular flexibility index (Phi) is 5.05. The molecule has 2 aromatic carbocycles. The fourth-order valence-corrected chi connectivity index (χ4v) is 3.84. The van der Waals surface area contributed by atoms with Crippen molar-refractivity contribution in [3.05, 3.63) is 88.5 Å².